The Balaban J connectivity index is 2.09. The van der Waals surface area contributed by atoms with Gasteiger partial charge in [0, 0.05) is 24.5 Å². The van der Waals surface area contributed by atoms with E-state index < -0.39 is 11.0 Å². The molecule has 2 aliphatic rings. The third kappa shape index (κ3) is 2.05. The quantitative estimate of drug-likeness (QED) is 0.772. The molecule has 0 bridgehead atoms. The first-order valence-corrected chi connectivity index (χ1v) is 6.91. The number of nitrogens with two attached hydrogens (primary N) is 1. The van der Waals surface area contributed by atoms with E-state index in [1.165, 1.54) is 0 Å². The van der Waals surface area contributed by atoms with Gasteiger partial charge in [-0.25, -0.2) is 0 Å². The zero-order valence-corrected chi connectivity index (χ0v) is 11.9. The minimum Gasteiger partial charge on any atom is -0.393 e. The molecule has 104 valence electrons. The number of amides is 1. The van der Waals surface area contributed by atoms with Crippen LogP contribution in [0.25, 0.3) is 0 Å². The van der Waals surface area contributed by atoms with E-state index >= 15 is 0 Å². The molecule has 1 saturated heterocycles. The Hall–Kier alpha value is -0.610. The fourth-order valence-electron chi connectivity index (χ4n) is 3.07. The van der Waals surface area contributed by atoms with Crippen LogP contribution in [0.3, 0.4) is 0 Å². The Kier molecular flexibility index (Phi) is 3.23. The minimum atomic E-state index is -0.573. The lowest BCUT2D eigenvalue weighted by Gasteiger charge is -2.40. The maximum Gasteiger partial charge on any atom is 0.230 e. The molecule has 3 N–H and O–H groups in total. The molecular weight excluding hydrogens is 228 g/mol. The van der Waals surface area contributed by atoms with Crippen LogP contribution < -0.4 is 5.73 Å². The molecule has 4 nitrogen and oxygen atoms in total. The van der Waals surface area contributed by atoms with Crippen molar-refractivity contribution in [2.75, 3.05) is 13.1 Å². The number of nitrogens with zero attached hydrogens (tertiary/aromatic N) is 1. The smallest absolute Gasteiger partial charge is 0.230 e. The summed E-state index contributed by atoms with van der Waals surface area (Å²) in [6.07, 6.45) is 1.72. The molecule has 3 unspecified atom stereocenters. The zero-order valence-electron chi connectivity index (χ0n) is 11.9. The van der Waals surface area contributed by atoms with Crippen LogP contribution in [0.2, 0.25) is 0 Å². The lowest BCUT2D eigenvalue weighted by atomic mass is 9.74. The van der Waals surface area contributed by atoms with Gasteiger partial charge in [0.1, 0.15) is 0 Å². The molecule has 18 heavy (non-hydrogen) atoms. The van der Waals surface area contributed by atoms with Crippen LogP contribution in [-0.4, -0.2) is 40.6 Å². The van der Waals surface area contributed by atoms with Crippen molar-refractivity contribution in [1.82, 2.24) is 4.90 Å². The maximum absolute atomic E-state index is 12.6. The molecule has 0 aromatic heterocycles. The summed E-state index contributed by atoms with van der Waals surface area (Å²) in [5.41, 5.74) is 5.01. The van der Waals surface area contributed by atoms with E-state index in [9.17, 15) is 9.90 Å². The van der Waals surface area contributed by atoms with E-state index in [1.54, 1.807) is 0 Å². The molecule has 1 heterocycles. The van der Waals surface area contributed by atoms with Gasteiger partial charge in [-0.3, -0.25) is 4.79 Å². The highest BCUT2D eigenvalue weighted by Crippen LogP contribution is 2.40. The molecule has 1 aliphatic carbocycles. The normalized spacial score (nSPS) is 32.8. The largest absolute Gasteiger partial charge is 0.393 e. The number of carbonyl (C=O) groups is 1. The topological polar surface area (TPSA) is 66.6 Å². The molecule has 2 fully saturated rings. The van der Waals surface area contributed by atoms with Crippen molar-refractivity contribution in [3.63, 3.8) is 0 Å². The number of rotatable bonds is 2. The van der Waals surface area contributed by atoms with Gasteiger partial charge in [-0.2, -0.15) is 0 Å². The van der Waals surface area contributed by atoms with Crippen LogP contribution in [0, 0.1) is 17.3 Å². The number of hydrogen-bond donors (Lipinski definition) is 2. The number of aliphatic hydroxyl groups is 1. The summed E-state index contributed by atoms with van der Waals surface area (Å²) < 4.78 is 0. The van der Waals surface area contributed by atoms with Crippen LogP contribution >= 0.6 is 0 Å². The van der Waals surface area contributed by atoms with Crippen molar-refractivity contribution in [3.05, 3.63) is 0 Å². The Morgan fingerprint density at radius 1 is 1.22 bits per heavy atom. The van der Waals surface area contributed by atoms with E-state index in [-0.39, 0.29) is 17.9 Å². The Bertz CT molecular complexity index is 346. The van der Waals surface area contributed by atoms with E-state index in [0.29, 0.717) is 12.5 Å². The Labute approximate surface area is 110 Å². The average molecular weight is 254 g/mol. The summed E-state index contributed by atoms with van der Waals surface area (Å²) in [6, 6.07) is 0. The molecule has 4 heteroatoms. The first-order valence-electron chi connectivity index (χ1n) is 6.91. The van der Waals surface area contributed by atoms with Crippen LogP contribution in [0.4, 0.5) is 0 Å². The van der Waals surface area contributed by atoms with E-state index in [2.05, 4.69) is 0 Å². The van der Waals surface area contributed by atoms with Gasteiger partial charge in [0.15, 0.2) is 0 Å². The van der Waals surface area contributed by atoms with Crippen LogP contribution in [0.5, 0.6) is 0 Å². The maximum atomic E-state index is 12.6. The van der Waals surface area contributed by atoms with Gasteiger partial charge in [-0.1, -0.05) is 0 Å². The van der Waals surface area contributed by atoms with Gasteiger partial charge in [-0.05, 0) is 46.5 Å². The molecule has 3 atom stereocenters. The lowest BCUT2D eigenvalue weighted by Crippen LogP contribution is -2.56. The fourth-order valence-corrected chi connectivity index (χ4v) is 3.07. The predicted molar refractivity (Wildman–Crippen MR) is 70.8 cm³/mol. The van der Waals surface area contributed by atoms with Crippen LogP contribution in [-0.2, 0) is 4.79 Å². The first-order chi connectivity index (χ1) is 8.14. The summed E-state index contributed by atoms with van der Waals surface area (Å²) in [4.78, 5) is 14.5. The van der Waals surface area contributed by atoms with Crippen molar-refractivity contribution in [3.8, 4) is 0 Å². The molecule has 0 spiro atoms. The van der Waals surface area contributed by atoms with Gasteiger partial charge in [0.25, 0.3) is 0 Å². The Morgan fingerprint density at radius 3 is 2.33 bits per heavy atom. The standard InChI is InChI=1S/C14H26N2O2/c1-13(2,14(3,4)15)12(18)16-7-9-5-6-11(17)10(9)8-16/h9-11,17H,5-8,15H2,1-4H3. The third-order valence-corrected chi connectivity index (χ3v) is 5.25. The van der Waals surface area contributed by atoms with Gasteiger partial charge in [0.2, 0.25) is 5.91 Å². The number of hydrogen-bond acceptors (Lipinski definition) is 3. The average Bonchev–Trinajstić information content (AvgIpc) is 2.78. The van der Waals surface area contributed by atoms with E-state index in [1.807, 2.05) is 32.6 Å². The molecule has 1 amide bonds. The van der Waals surface area contributed by atoms with Crippen molar-refractivity contribution >= 4 is 5.91 Å². The summed E-state index contributed by atoms with van der Waals surface area (Å²) in [7, 11) is 0. The minimum absolute atomic E-state index is 0.122. The zero-order chi connectivity index (χ0) is 13.7. The number of fused-ring (bicyclic) bond motifs is 1. The van der Waals surface area contributed by atoms with Gasteiger partial charge in [-0.15, -0.1) is 0 Å². The highest BCUT2D eigenvalue weighted by Gasteiger charge is 2.48. The van der Waals surface area contributed by atoms with Crippen molar-refractivity contribution in [2.24, 2.45) is 23.0 Å². The summed E-state index contributed by atoms with van der Waals surface area (Å²) >= 11 is 0. The molecule has 0 aromatic rings. The molecule has 0 radical (unpaired) electrons. The van der Waals surface area contributed by atoms with Crippen LogP contribution in [0.15, 0.2) is 0 Å². The molecular formula is C14H26N2O2. The summed E-state index contributed by atoms with van der Waals surface area (Å²) in [5.74, 6) is 0.892. The van der Waals surface area contributed by atoms with Gasteiger partial charge < -0.3 is 15.7 Å². The molecule has 1 saturated carbocycles. The van der Waals surface area contributed by atoms with Crippen LogP contribution in [0.1, 0.15) is 40.5 Å². The molecule has 0 aromatic carbocycles. The van der Waals surface area contributed by atoms with Crippen molar-refractivity contribution in [2.45, 2.75) is 52.2 Å². The predicted octanol–water partition coefficient (Wildman–Crippen LogP) is 0.979. The number of likely N-dealkylation sites (tertiary alicyclic amines) is 1. The fraction of sp³-hybridized carbons (Fsp3) is 0.929. The second kappa shape index (κ2) is 4.20. The highest BCUT2D eigenvalue weighted by atomic mass is 16.3. The number of carbonyl (C=O) groups excluding carboxylic acids is 1. The van der Waals surface area contributed by atoms with Gasteiger partial charge in [0.05, 0.1) is 11.5 Å². The van der Waals surface area contributed by atoms with Crippen molar-refractivity contribution in [1.29, 1.82) is 0 Å². The monoisotopic (exact) mass is 254 g/mol. The lowest BCUT2D eigenvalue weighted by molar-refractivity contribution is -0.142. The molecule has 1 aliphatic heterocycles. The molecule has 2 rings (SSSR count). The Morgan fingerprint density at radius 2 is 1.83 bits per heavy atom. The highest BCUT2D eigenvalue weighted by molar-refractivity contribution is 5.83. The van der Waals surface area contributed by atoms with Gasteiger partial charge >= 0.3 is 0 Å². The summed E-state index contributed by atoms with van der Waals surface area (Å²) in [5, 5.41) is 9.90. The van der Waals surface area contributed by atoms with E-state index in [0.717, 1.165) is 19.4 Å². The van der Waals surface area contributed by atoms with Crippen molar-refractivity contribution < 1.29 is 9.90 Å². The third-order valence-electron chi connectivity index (χ3n) is 5.25. The summed E-state index contributed by atoms with van der Waals surface area (Å²) in [6.45, 7) is 9.12. The van der Waals surface area contributed by atoms with E-state index in [4.69, 9.17) is 5.73 Å². The second-order valence-corrected chi connectivity index (χ2v) is 7.13. The first kappa shape index (κ1) is 13.8. The SMILES string of the molecule is CC(C)(N)C(C)(C)C(=O)N1CC2CCC(O)C2C1. The number of aliphatic hydroxyl groups excluding tert-OH is 1. The second-order valence-electron chi connectivity index (χ2n) is 7.13.